The molecule has 1 atom stereocenters. The minimum atomic E-state index is -0.754. The molecule has 0 saturated carbocycles. The Hall–Kier alpha value is -2.34. The summed E-state index contributed by atoms with van der Waals surface area (Å²) in [6, 6.07) is 9.20. The number of nitrogens with one attached hydrogen (secondary N) is 2. The Morgan fingerprint density at radius 1 is 1.29 bits per heavy atom. The smallest absolute Gasteiger partial charge is 0.320 e. The average molecular weight is 330 g/mol. The molecule has 24 heavy (non-hydrogen) atoms. The maximum absolute atomic E-state index is 11.9. The summed E-state index contributed by atoms with van der Waals surface area (Å²) in [5, 5.41) is 19.7. The number of aliphatic hydroxyl groups is 1. The summed E-state index contributed by atoms with van der Waals surface area (Å²) in [6.07, 6.45) is -0.754. The van der Waals surface area contributed by atoms with Crippen LogP contribution >= 0.6 is 0 Å². The number of hydrogen-bond acceptors (Lipinski definition) is 3. The molecule has 2 amide bonds. The first-order valence-electron chi connectivity index (χ1n) is 8.01. The molecule has 0 radical (unpaired) electrons. The number of urea groups is 1. The molecule has 1 aromatic heterocycles. The van der Waals surface area contributed by atoms with Crippen molar-refractivity contribution in [3.63, 3.8) is 0 Å². The van der Waals surface area contributed by atoms with E-state index in [0.29, 0.717) is 5.82 Å². The first-order chi connectivity index (χ1) is 11.2. The van der Waals surface area contributed by atoms with E-state index in [0.717, 1.165) is 11.3 Å². The highest BCUT2D eigenvalue weighted by molar-refractivity contribution is 5.88. The largest absolute Gasteiger partial charge is 0.387 e. The zero-order valence-corrected chi connectivity index (χ0v) is 14.9. The molecule has 1 unspecified atom stereocenters. The van der Waals surface area contributed by atoms with E-state index in [-0.39, 0.29) is 12.0 Å². The van der Waals surface area contributed by atoms with Crippen molar-refractivity contribution in [3.8, 4) is 0 Å². The number of aromatic nitrogens is 2. The fraction of sp³-hybridized carbons (Fsp3) is 0.444. The van der Waals surface area contributed by atoms with Crippen LogP contribution in [0.4, 0.5) is 10.6 Å². The van der Waals surface area contributed by atoms with Gasteiger partial charge in [0.25, 0.3) is 0 Å². The summed E-state index contributed by atoms with van der Waals surface area (Å²) in [7, 11) is 1.81. The predicted molar refractivity (Wildman–Crippen MR) is 95.1 cm³/mol. The van der Waals surface area contributed by atoms with Crippen LogP contribution in [-0.4, -0.2) is 27.5 Å². The van der Waals surface area contributed by atoms with Gasteiger partial charge in [-0.1, -0.05) is 45.0 Å². The van der Waals surface area contributed by atoms with Crippen molar-refractivity contribution in [2.45, 2.75) is 39.2 Å². The fourth-order valence-electron chi connectivity index (χ4n) is 2.29. The highest BCUT2D eigenvalue weighted by Gasteiger charge is 2.15. The summed E-state index contributed by atoms with van der Waals surface area (Å²) in [4.78, 5) is 11.9. The van der Waals surface area contributed by atoms with Crippen molar-refractivity contribution >= 4 is 11.8 Å². The first kappa shape index (κ1) is 18.0. The standard InChI is InChI=1S/C18H26N4O2/c1-12-10-16(21-22(12)5)20-17(24)19-11-15(23)13-6-8-14(9-7-13)18(2,3)4/h6-10,15,23H,11H2,1-5H3,(H2,19,20,21,24). The van der Waals surface area contributed by atoms with Crippen LogP contribution in [0.2, 0.25) is 0 Å². The second-order valence-electron chi connectivity index (χ2n) is 7.02. The van der Waals surface area contributed by atoms with Gasteiger partial charge in [0.2, 0.25) is 0 Å². The number of carbonyl (C=O) groups is 1. The molecule has 6 heteroatoms. The molecule has 3 N–H and O–H groups in total. The third kappa shape index (κ3) is 4.58. The lowest BCUT2D eigenvalue weighted by Gasteiger charge is -2.20. The molecule has 0 aliphatic rings. The number of rotatable bonds is 4. The van der Waals surface area contributed by atoms with Crippen LogP contribution in [0.3, 0.4) is 0 Å². The van der Waals surface area contributed by atoms with Crippen molar-refractivity contribution in [3.05, 3.63) is 47.2 Å². The SMILES string of the molecule is Cc1cc(NC(=O)NCC(O)c2ccc(C(C)(C)C)cc2)nn1C. The highest BCUT2D eigenvalue weighted by atomic mass is 16.3. The van der Waals surface area contributed by atoms with Crippen LogP contribution in [0.25, 0.3) is 0 Å². The van der Waals surface area contributed by atoms with Gasteiger partial charge in [-0.05, 0) is 23.5 Å². The molecule has 0 spiro atoms. The van der Waals surface area contributed by atoms with Crippen molar-refractivity contribution in [1.82, 2.24) is 15.1 Å². The molecule has 0 bridgehead atoms. The molecule has 2 rings (SSSR count). The number of benzene rings is 1. The molecule has 0 aliphatic heterocycles. The first-order valence-corrected chi connectivity index (χ1v) is 8.01. The molecular formula is C18H26N4O2. The molecule has 1 heterocycles. The summed E-state index contributed by atoms with van der Waals surface area (Å²) in [5.74, 6) is 0.483. The molecule has 130 valence electrons. The van der Waals surface area contributed by atoms with Gasteiger partial charge in [0.15, 0.2) is 5.82 Å². The van der Waals surface area contributed by atoms with Crippen LogP contribution < -0.4 is 10.6 Å². The normalized spacial score (nSPS) is 12.8. The Balaban J connectivity index is 1.88. The van der Waals surface area contributed by atoms with Crippen molar-refractivity contribution in [1.29, 1.82) is 0 Å². The lowest BCUT2D eigenvalue weighted by Crippen LogP contribution is -2.32. The number of aryl methyl sites for hydroxylation is 2. The van der Waals surface area contributed by atoms with E-state index in [9.17, 15) is 9.90 Å². The zero-order chi connectivity index (χ0) is 17.9. The lowest BCUT2D eigenvalue weighted by atomic mass is 9.86. The highest BCUT2D eigenvalue weighted by Crippen LogP contribution is 2.23. The minimum Gasteiger partial charge on any atom is -0.387 e. The molecule has 2 aromatic rings. The van der Waals surface area contributed by atoms with Crippen LogP contribution in [0.1, 0.15) is 43.7 Å². The van der Waals surface area contributed by atoms with Gasteiger partial charge in [-0.3, -0.25) is 10.00 Å². The van der Waals surface area contributed by atoms with E-state index in [1.54, 1.807) is 10.7 Å². The van der Waals surface area contributed by atoms with Gasteiger partial charge in [-0.2, -0.15) is 5.10 Å². The Bertz CT molecular complexity index is 679. The number of carbonyl (C=O) groups excluding carboxylic acids is 1. The van der Waals surface area contributed by atoms with Crippen LogP contribution in [0, 0.1) is 6.92 Å². The van der Waals surface area contributed by atoms with E-state index in [2.05, 4.69) is 36.5 Å². The van der Waals surface area contributed by atoms with Gasteiger partial charge in [-0.15, -0.1) is 0 Å². The Morgan fingerprint density at radius 2 is 1.92 bits per heavy atom. The van der Waals surface area contributed by atoms with E-state index in [4.69, 9.17) is 0 Å². The number of aliphatic hydroxyl groups excluding tert-OH is 1. The maximum Gasteiger partial charge on any atom is 0.320 e. The third-order valence-electron chi connectivity index (χ3n) is 3.97. The maximum atomic E-state index is 11.9. The minimum absolute atomic E-state index is 0.0719. The molecule has 0 saturated heterocycles. The molecule has 1 aromatic carbocycles. The summed E-state index contributed by atoms with van der Waals surface area (Å²) < 4.78 is 1.68. The third-order valence-corrected chi connectivity index (χ3v) is 3.97. The van der Waals surface area contributed by atoms with E-state index in [1.807, 2.05) is 38.2 Å². The van der Waals surface area contributed by atoms with Gasteiger partial charge in [-0.25, -0.2) is 4.79 Å². The fourth-order valence-corrected chi connectivity index (χ4v) is 2.29. The molecule has 0 aliphatic carbocycles. The molecular weight excluding hydrogens is 304 g/mol. The summed E-state index contributed by atoms with van der Waals surface area (Å²) >= 11 is 0. The summed E-state index contributed by atoms with van der Waals surface area (Å²) in [5.41, 5.74) is 3.00. The average Bonchev–Trinajstić information content (AvgIpc) is 2.82. The van der Waals surface area contributed by atoms with E-state index in [1.165, 1.54) is 5.56 Å². The van der Waals surface area contributed by atoms with Gasteiger partial charge in [0.1, 0.15) is 0 Å². The van der Waals surface area contributed by atoms with Gasteiger partial charge < -0.3 is 10.4 Å². The Morgan fingerprint density at radius 3 is 2.42 bits per heavy atom. The van der Waals surface area contributed by atoms with E-state index < -0.39 is 12.1 Å². The quantitative estimate of drug-likeness (QED) is 0.806. The lowest BCUT2D eigenvalue weighted by molar-refractivity contribution is 0.175. The van der Waals surface area contributed by atoms with E-state index >= 15 is 0 Å². The second-order valence-corrected chi connectivity index (χ2v) is 7.02. The second kappa shape index (κ2) is 7.05. The molecule has 0 fully saturated rings. The predicted octanol–water partition coefficient (Wildman–Crippen LogP) is 2.88. The van der Waals surface area contributed by atoms with Crippen molar-refractivity contribution in [2.75, 3.05) is 11.9 Å². The number of amides is 2. The van der Waals surface area contributed by atoms with Gasteiger partial charge in [0, 0.05) is 25.4 Å². The van der Waals surface area contributed by atoms with Crippen LogP contribution in [0.15, 0.2) is 30.3 Å². The van der Waals surface area contributed by atoms with Gasteiger partial charge >= 0.3 is 6.03 Å². The van der Waals surface area contributed by atoms with Crippen LogP contribution in [0.5, 0.6) is 0 Å². The van der Waals surface area contributed by atoms with Crippen molar-refractivity contribution < 1.29 is 9.90 Å². The zero-order valence-electron chi connectivity index (χ0n) is 14.9. The number of hydrogen-bond donors (Lipinski definition) is 3. The monoisotopic (exact) mass is 330 g/mol. The van der Waals surface area contributed by atoms with Crippen LogP contribution in [-0.2, 0) is 12.5 Å². The Kier molecular flexibility index (Phi) is 5.29. The van der Waals surface area contributed by atoms with Crippen molar-refractivity contribution in [2.24, 2.45) is 7.05 Å². The number of nitrogens with zero attached hydrogens (tertiary/aromatic N) is 2. The topological polar surface area (TPSA) is 79.2 Å². The summed E-state index contributed by atoms with van der Waals surface area (Å²) in [6.45, 7) is 8.46. The Labute approximate surface area is 142 Å². The number of anilines is 1. The molecule has 6 nitrogen and oxygen atoms in total. The van der Waals surface area contributed by atoms with Gasteiger partial charge in [0.05, 0.1) is 6.10 Å².